The van der Waals surface area contributed by atoms with Crippen LogP contribution in [0.5, 0.6) is 0 Å². The van der Waals surface area contributed by atoms with Crippen LogP contribution in [0, 0.1) is 0 Å². The van der Waals surface area contributed by atoms with E-state index in [1.165, 1.54) is 32.4 Å². The van der Waals surface area contributed by atoms with E-state index in [4.69, 9.17) is 4.74 Å². The SMILES string of the molecule is COC(=O)C/C=C\C1=CC(=O)C(OC)=CC1=O. The zero-order chi connectivity index (χ0) is 12.8. The summed E-state index contributed by atoms with van der Waals surface area (Å²) in [4.78, 5) is 33.7. The lowest BCUT2D eigenvalue weighted by Crippen LogP contribution is -2.13. The van der Waals surface area contributed by atoms with Crippen molar-refractivity contribution in [3.05, 3.63) is 35.6 Å². The maximum atomic E-state index is 11.5. The van der Waals surface area contributed by atoms with Crippen LogP contribution in [0.2, 0.25) is 0 Å². The lowest BCUT2D eigenvalue weighted by atomic mass is 10.0. The zero-order valence-corrected chi connectivity index (χ0v) is 9.56. The summed E-state index contributed by atoms with van der Waals surface area (Å²) in [7, 11) is 2.60. The highest BCUT2D eigenvalue weighted by Gasteiger charge is 2.18. The van der Waals surface area contributed by atoms with E-state index in [2.05, 4.69) is 4.74 Å². The molecule has 0 atom stereocenters. The van der Waals surface area contributed by atoms with Crippen LogP contribution in [0.3, 0.4) is 0 Å². The van der Waals surface area contributed by atoms with Crippen LogP contribution in [0.25, 0.3) is 0 Å². The number of methoxy groups -OCH3 is 2. The molecule has 5 heteroatoms. The molecule has 1 rings (SSSR count). The van der Waals surface area contributed by atoms with Gasteiger partial charge in [-0.15, -0.1) is 0 Å². The minimum atomic E-state index is -0.412. The normalized spacial score (nSPS) is 15.6. The summed E-state index contributed by atoms with van der Waals surface area (Å²) in [6, 6.07) is 0. The van der Waals surface area contributed by atoms with Gasteiger partial charge in [-0.3, -0.25) is 14.4 Å². The van der Waals surface area contributed by atoms with E-state index in [9.17, 15) is 14.4 Å². The Balaban J connectivity index is 2.71. The summed E-state index contributed by atoms with van der Waals surface area (Å²) in [5.74, 6) is -1.10. The Morgan fingerprint density at radius 1 is 1.24 bits per heavy atom. The first-order chi connectivity index (χ1) is 8.08. The van der Waals surface area contributed by atoms with E-state index < -0.39 is 5.97 Å². The van der Waals surface area contributed by atoms with Gasteiger partial charge in [-0.25, -0.2) is 0 Å². The van der Waals surface area contributed by atoms with E-state index in [1.807, 2.05) is 0 Å². The van der Waals surface area contributed by atoms with Crippen molar-refractivity contribution in [2.75, 3.05) is 14.2 Å². The molecule has 0 radical (unpaired) electrons. The molecule has 0 fully saturated rings. The molecule has 0 saturated carbocycles. The maximum absolute atomic E-state index is 11.5. The number of ether oxygens (including phenoxy) is 2. The lowest BCUT2D eigenvalue weighted by molar-refractivity contribution is -0.139. The number of allylic oxidation sites excluding steroid dienone is 4. The average Bonchev–Trinajstić information content (AvgIpc) is 2.32. The summed E-state index contributed by atoms with van der Waals surface area (Å²) in [6.07, 6.45) is 5.24. The van der Waals surface area contributed by atoms with Crippen LogP contribution < -0.4 is 0 Å². The van der Waals surface area contributed by atoms with E-state index in [0.29, 0.717) is 0 Å². The quantitative estimate of drug-likeness (QED) is 0.531. The monoisotopic (exact) mass is 236 g/mol. The van der Waals surface area contributed by atoms with Crippen LogP contribution in [0.4, 0.5) is 0 Å². The van der Waals surface area contributed by atoms with Crippen molar-refractivity contribution >= 4 is 17.5 Å². The fraction of sp³-hybridized carbons (Fsp3) is 0.250. The number of carbonyl (C=O) groups is 3. The Morgan fingerprint density at radius 3 is 2.53 bits per heavy atom. The second-order valence-corrected chi connectivity index (χ2v) is 3.22. The Hall–Kier alpha value is -2.17. The van der Waals surface area contributed by atoms with Crippen LogP contribution in [-0.4, -0.2) is 31.8 Å². The van der Waals surface area contributed by atoms with Crippen molar-refractivity contribution in [1.29, 1.82) is 0 Å². The maximum Gasteiger partial charge on any atom is 0.309 e. The van der Waals surface area contributed by atoms with Crippen molar-refractivity contribution in [1.82, 2.24) is 0 Å². The van der Waals surface area contributed by atoms with Gasteiger partial charge in [-0.1, -0.05) is 12.2 Å². The van der Waals surface area contributed by atoms with Gasteiger partial charge in [0.2, 0.25) is 5.78 Å². The molecule has 0 saturated heterocycles. The molecule has 0 heterocycles. The third-order valence-corrected chi connectivity index (χ3v) is 2.11. The molecule has 0 aliphatic heterocycles. The van der Waals surface area contributed by atoms with E-state index in [-0.39, 0.29) is 29.3 Å². The molecule has 0 unspecified atom stereocenters. The smallest absolute Gasteiger partial charge is 0.309 e. The van der Waals surface area contributed by atoms with Gasteiger partial charge in [0.25, 0.3) is 0 Å². The van der Waals surface area contributed by atoms with E-state index in [1.54, 1.807) is 0 Å². The first-order valence-corrected chi connectivity index (χ1v) is 4.88. The van der Waals surface area contributed by atoms with Gasteiger partial charge in [-0.05, 0) is 0 Å². The molecule has 0 bridgehead atoms. The molecule has 1 aliphatic carbocycles. The number of hydrogen-bond donors (Lipinski definition) is 0. The molecule has 0 aromatic carbocycles. The molecular weight excluding hydrogens is 224 g/mol. The van der Waals surface area contributed by atoms with Crippen LogP contribution >= 0.6 is 0 Å². The molecule has 17 heavy (non-hydrogen) atoms. The van der Waals surface area contributed by atoms with Crippen molar-refractivity contribution in [2.45, 2.75) is 6.42 Å². The average molecular weight is 236 g/mol. The third kappa shape index (κ3) is 3.41. The Labute approximate surface area is 98.4 Å². The molecule has 1 aliphatic rings. The Kier molecular flexibility index (Phi) is 4.39. The Morgan fingerprint density at radius 2 is 1.94 bits per heavy atom. The largest absolute Gasteiger partial charge is 0.493 e. The highest BCUT2D eigenvalue weighted by Crippen LogP contribution is 2.13. The number of esters is 1. The highest BCUT2D eigenvalue weighted by molar-refractivity contribution is 6.20. The first kappa shape index (κ1) is 12.9. The minimum Gasteiger partial charge on any atom is -0.493 e. The van der Waals surface area contributed by atoms with Gasteiger partial charge in [0, 0.05) is 17.7 Å². The fourth-order valence-electron chi connectivity index (χ4n) is 1.21. The molecule has 90 valence electrons. The second kappa shape index (κ2) is 5.79. The summed E-state index contributed by atoms with van der Waals surface area (Å²) >= 11 is 0. The standard InChI is InChI=1S/C12H12O5/c1-16-11-7-9(13)8(6-10(11)14)4-3-5-12(15)17-2/h3-4,6-7H,5H2,1-2H3/b4-3-. The van der Waals surface area contributed by atoms with Crippen LogP contribution in [0.15, 0.2) is 35.6 Å². The number of ketones is 2. The summed E-state index contributed by atoms with van der Waals surface area (Å²) in [5.41, 5.74) is 0.222. The van der Waals surface area contributed by atoms with Crippen molar-refractivity contribution in [3.8, 4) is 0 Å². The van der Waals surface area contributed by atoms with Gasteiger partial charge >= 0.3 is 5.97 Å². The topological polar surface area (TPSA) is 69.7 Å². The second-order valence-electron chi connectivity index (χ2n) is 3.22. The summed E-state index contributed by atoms with van der Waals surface area (Å²) < 4.78 is 9.16. The predicted octanol–water partition coefficient (Wildman–Crippen LogP) is 0.714. The molecule has 0 amide bonds. The fourth-order valence-corrected chi connectivity index (χ4v) is 1.21. The van der Waals surface area contributed by atoms with Crippen LogP contribution in [0.1, 0.15) is 6.42 Å². The molecule has 0 spiro atoms. The minimum absolute atomic E-state index is 0.0140. The number of carbonyl (C=O) groups excluding carboxylic acids is 3. The van der Waals surface area contributed by atoms with E-state index in [0.717, 1.165) is 6.08 Å². The summed E-state index contributed by atoms with van der Waals surface area (Å²) in [5, 5.41) is 0. The first-order valence-electron chi connectivity index (χ1n) is 4.88. The van der Waals surface area contributed by atoms with Crippen molar-refractivity contribution in [2.24, 2.45) is 0 Å². The lowest BCUT2D eigenvalue weighted by Gasteiger charge is -2.07. The van der Waals surface area contributed by atoms with Gasteiger partial charge < -0.3 is 9.47 Å². The van der Waals surface area contributed by atoms with Gasteiger partial charge in [0.1, 0.15) is 0 Å². The molecule has 5 nitrogen and oxygen atoms in total. The number of hydrogen-bond acceptors (Lipinski definition) is 5. The van der Waals surface area contributed by atoms with Crippen molar-refractivity contribution < 1.29 is 23.9 Å². The number of rotatable bonds is 4. The van der Waals surface area contributed by atoms with Crippen molar-refractivity contribution in [3.63, 3.8) is 0 Å². The molecular formula is C12H12O5. The Bertz CT molecular complexity index is 440. The van der Waals surface area contributed by atoms with Crippen LogP contribution in [-0.2, 0) is 23.9 Å². The predicted molar refractivity (Wildman–Crippen MR) is 59.0 cm³/mol. The molecule has 0 aromatic rings. The highest BCUT2D eigenvalue weighted by atomic mass is 16.5. The molecule has 0 aromatic heterocycles. The zero-order valence-electron chi connectivity index (χ0n) is 9.56. The van der Waals surface area contributed by atoms with Gasteiger partial charge in [-0.2, -0.15) is 0 Å². The van der Waals surface area contributed by atoms with Gasteiger partial charge in [0.15, 0.2) is 11.5 Å². The van der Waals surface area contributed by atoms with E-state index >= 15 is 0 Å². The summed E-state index contributed by atoms with van der Waals surface area (Å²) in [6.45, 7) is 0. The molecule has 0 N–H and O–H groups in total. The van der Waals surface area contributed by atoms with Gasteiger partial charge in [0.05, 0.1) is 20.6 Å². The third-order valence-electron chi connectivity index (χ3n) is 2.11.